The lowest BCUT2D eigenvalue weighted by atomic mass is 10.5. The molecule has 1 fully saturated rings. The van der Waals surface area contributed by atoms with Crippen molar-refractivity contribution in [2.24, 2.45) is 0 Å². The molecule has 8 heavy (non-hydrogen) atoms. The molecule has 48 valence electrons. The van der Waals surface area contributed by atoms with Crippen molar-refractivity contribution in [2.45, 2.75) is 6.42 Å². The molecule has 0 aromatic carbocycles. The van der Waals surface area contributed by atoms with Gasteiger partial charge in [-0.05, 0) is 6.42 Å². The molecule has 1 unspecified atom stereocenters. The summed E-state index contributed by atoms with van der Waals surface area (Å²) >= 11 is 1.51. The SMILES string of the molecule is COP1CCCOS1. The van der Waals surface area contributed by atoms with Gasteiger partial charge in [0.2, 0.25) is 0 Å². The van der Waals surface area contributed by atoms with Crippen molar-refractivity contribution in [3.63, 3.8) is 0 Å². The van der Waals surface area contributed by atoms with E-state index in [-0.39, 0.29) is 7.35 Å². The number of hydrogen-bond acceptors (Lipinski definition) is 3. The van der Waals surface area contributed by atoms with Gasteiger partial charge in [-0.1, -0.05) is 0 Å². The van der Waals surface area contributed by atoms with E-state index in [1.807, 2.05) is 0 Å². The molecule has 1 aliphatic heterocycles. The number of hydrogen-bond donors (Lipinski definition) is 0. The van der Waals surface area contributed by atoms with Gasteiger partial charge in [-0.2, -0.15) is 0 Å². The second-order valence-corrected chi connectivity index (χ2v) is 5.02. The van der Waals surface area contributed by atoms with Crippen LogP contribution >= 0.6 is 19.0 Å². The summed E-state index contributed by atoms with van der Waals surface area (Å²) in [4.78, 5) is 0. The third-order valence-electron chi connectivity index (χ3n) is 0.908. The first-order valence-corrected chi connectivity index (χ1v) is 5.34. The van der Waals surface area contributed by atoms with Crippen LogP contribution in [-0.2, 0) is 8.71 Å². The predicted octanol–water partition coefficient (Wildman–Crippen LogP) is 2.01. The van der Waals surface area contributed by atoms with Crippen LogP contribution in [0.15, 0.2) is 0 Å². The molecule has 0 aromatic heterocycles. The topological polar surface area (TPSA) is 18.5 Å². The molecule has 2 nitrogen and oxygen atoms in total. The molecule has 0 aromatic rings. The van der Waals surface area contributed by atoms with Gasteiger partial charge in [0.25, 0.3) is 0 Å². The average molecular weight is 152 g/mol. The first-order valence-electron chi connectivity index (χ1n) is 2.54. The highest BCUT2D eigenvalue weighted by atomic mass is 32.7. The Morgan fingerprint density at radius 3 is 3.00 bits per heavy atom. The van der Waals surface area contributed by atoms with Crippen molar-refractivity contribution in [1.29, 1.82) is 0 Å². The van der Waals surface area contributed by atoms with Crippen molar-refractivity contribution >= 4 is 19.0 Å². The molecule has 0 aliphatic carbocycles. The Bertz CT molecular complexity index is 65.1. The third-order valence-corrected chi connectivity index (χ3v) is 4.24. The summed E-state index contributed by atoms with van der Waals surface area (Å²) in [7, 11) is 1.47. The molecule has 0 amide bonds. The molecule has 1 atom stereocenters. The maximum atomic E-state index is 5.09. The van der Waals surface area contributed by atoms with Crippen LogP contribution in [0.4, 0.5) is 0 Å². The summed E-state index contributed by atoms with van der Waals surface area (Å²) in [5.41, 5.74) is 0. The third kappa shape index (κ3) is 1.90. The quantitative estimate of drug-likeness (QED) is 0.423. The smallest absolute Gasteiger partial charge is 0.117 e. The first-order chi connectivity index (χ1) is 3.93. The van der Waals surface area contributed by atoms with Gasteiger partial charge in [-0.15, -0.1) is 0 Å². The zero-order valence-electron chi connectivity index (χ0n) is 4.79. The van der Waals surface area contributed by atoms with Crippen molar-refractivity contribution in [3.8, 4) is 0 Å². The predicted molar refractivity (Wildman–Crippen MR) is 37.0 cm³/mol. The Morgan fingerprint density at radius 1 is 1.75 bits per heavy atom. The minimum Gasteiger partial charge on any atom is -0.349 e. The average Bonchev–Trinajstić information content (AvgIpc) is 1.90. The summed E-state index contributed by atoms with van der Waals surface area (Å²) in [6.45, 7) is 0.896. The van der Waals surface area contributed by atoms with Crippen LogP contribution in [-0.4, -0.2) is 19.9 Å². The summed E-state index contributed by atoms with van der Waals surface area (Å²) in [6, 6.07) is 0. The zero-order chi connectivity index (χ0) is 5.82. The van der Waals surface area contributed by atoms with Gasteiger partial charge in [0.05, 0.1) is 6.61 Å². The molecule has 4 heteroatoms. The van der Waals surface area contributed by atoms with Crippen LogP contribution in [0.1, 0.15) is 6.42 Å². The highest BCUT2D eigenvalue weighted by molar-refractivity contribution is 8.51. The molecule has 1 saturated heterocycles. The minimum atomic E-state index is -0.275. The Balaban J connectivity index is 2.13. The molecule has 1 rings (SSSR count). The largest absolute Gasteiger partial charge is 0.349 e. The van der Waals surface area contributed by atoms with Crippen LogP contribution in [0.25, 0.3) is 0 Å². The van der Waals surface area contributed by atoms with Crippen molar-refractivity contribution < 1.29 is 8.71 Å². The van der Waals surface area contributed by atoms with Gasteiger partial charge in [0, 0.05) is 24.9 Å². The van der Waals surface area contributed by atoms with E-state index < -0.39 is 0 Å². The fourth-order valence-electron chi connectivity index (χ4n) is 0.508. The Labute approximate surface area is 54.7 Å². The Hall–Kier alpha value is 0.700. The maximum Gasteiger partial charge on any atom is 0.117 e. The van der Waals surface area contributed by atoms with Gasteiger partial charge in [-0.3, -0.25) is 0 Å². The molecule has 1 heterocycles. The molecule has 1 aliphatic rings. The lowest BCUT2D eigenvalue weighted by Gasteiger charge is -2.17. The van der Waals surface area contributed by atoms with E-state index >= 15 is 0 Å². The summed E-state index contributed by atoms with van der Waals surface area (Å²) < 4.78 is 10.2. The zero-order valence-corrected chi connectivity index (χ0v) is 6.50. The highest BCUT2D eigenvalue weighted by Gasteiger charge is 2.13. The van der Waals surface area contributed by atoms with E-state index in [1.165, 1.54) is 17.8 Å². The van der Waals surface area contributed by atoms with Crippen LogP contribution in [0.5, 0.6) is 0 Å². The molecular weight excluding hydrogens is 143 g/mol. The fourth-order valence-corrected chi connectivity index (χ4v) is 2.89. The van der Waals surface area contributed by atoms with Crippen LogP contribution in [0, 0.1) is 0 Å². The molecule has 0 bridgehead atoms. The van der Waals surface area contributed by atoms with Gasteiger partial charge >= 0.3 is 0 Å². The van der Waals surface area contributed by atoms with Crippen molar-refractivity contribution in [2.75, 3.05) is 19.9 Å². The fraction of sp³-hybridized carbons (Fsp3) is 1.00. The molecule has 0 spiro atoms. The van der Waals surface area contributed by atoms with E-state index in [2.05, 4.69) is 0 Å². The lowest BCUT2D eigenvalue weighted by Crippen LogP contribution is -1.97. The van der Waals surface area contributed by atoms with Crippen molar-refractivity contribution in [1.82, 2.24) is 0 Å². The summed E-state index contributed by atoms with van der Waals surface area (Å²) in [6.07, 6.45) is 2.35. The molecule has 0 radical (unpaired) electrons. The normalized spacial score (nSPS) is 30.4. The lowest BCUT2D eigenvalue weighted by molar-refractivity contribution is 0.365. The van der Waals surface area contributed by atoms with Crippen LogP contribution in [0.3, 0.4) is 0 Å². The second-order valence-electron chi connectivity index (χ2n) is 1.49. The Kier molecular flexibility index (Phi) is 3.13. The van der Waals surface area contributed by atoms with Gasteiger partial charge in [0.15, 0.2) is 0 Å². The van der Waals surface area contributed by atoms with Gasteiger partial charge in [-0.25, -0.2) is 0 Å². The molecule has 0 N–H and O–H groups in total. The maximum absolute atomic E-state index is 5.09. The van der Waals surface area contributed by atoms with Crippen LogP contribution < -0.4 is 0 Å². The minimum absolute atomic E-state index is 0.275. The van der Waals surface area contributed by atoms with E-state index in [9.17, 15) is 0 Å². The molecular formula is C4H9O2PS. The van der Waals surface area contributed by atoms with E-state index in [1.54, 1.807) is 7.11 Å². The number of rotatable bonds is 1. The highest BCUT2D eigenvalue weighted by Crippen LogP contribution is 2.53. The van der Waals surface area contributed by atoms with Gasteiger partial charge < -0.3 is 8.71 Å². The first kappa shape index (κ1) is 6.81. The summed E-state index contributed by atoms with van der Waals surface area (Å²) in [5, 5.41) is 0. The van der Waals surface area contributed by atoms with E-state index in [0.717, 1.165) is 13.0 Å². The van der Waals surface area contributed by atoms with E-state index in [0.29, 0.717) is 0 Å². The van der Waals surface area contributed by atoms with Crippen molar-refractivity contribution in [3.05, 3.63) is 0 Å². The van der Waals surface area contributed by atoms with Gasteiger partial charge in [0.1, 0.15) is 7.35 Å². The standard InChI is InChI=1S/C4H9O2PS/c1-5-7-4-2-3-6-8-7/h2-4H2,1H3. The summed E-state index contributed by atoms with van der Waals surface area (Å²) in [5.74, 6) is 0. The monoisotopic (exact) mass is 152 g/mol. The Morgan fingerprint density at radius 2 is 2.62 bits per heavy atom. The second kappa shape index (κ2) is 3.67. The molecule has 0 saturated carbocycles. The van der Waals surface area contributed by atoms with E-state index in [4.69, 9.17) is 8.71 Å². The van der Waals surface area contributed by atoms with Crippen LogP contribution in [0.2, 0.25) is 0 Å².